The molecule has 0 saturated carbocycles. The van der Waals surface area contributed by atoms with Crippen molar-refractivity contribution in [3.63, 3.8) is 0 Å². The van der Waals surface area contributed by atoms with E-state index in [9.17, 15) is 0 Å². The number of benzene rings is 1. The molecule has 0 radical (unpaired) electrons. The molecule has 0 fully saturated rings. The Morgan fingerprint density at radius 2 is 1.81 bits per heavy atom. The molecule has 4 heteroatoms. The van der Waals surface area contributed by atoms with Crippen LogP contribution in [0.3, 0.4) is 0 Å². The third-order valence-corrected chi connectivity index (χ3v) is 2.50. The second-order valence-electron chi connectivity index (χ2n) is 3.86. The van der Waals surface area contributed by atoms with Gasteiger partial charge < -0.3 is 9.84 Å². The van der Waals surface area contributed by atoms with Crippen molar-refractivity contribution in [3.8, 4) is 17.9 Å². The molecule has 0 bridgehead atoms. The van der Waals surface area contributed by atoms with Crippen LogP contribution in [-0.2, 0) is 6.61 Å². The zero-order valence-corrected chi connectivity index (χ0v) is 11.4. The van der Waals surface area contributed by atoms with Crippen molar-refractivity contribution in [2.75, 3.05) is 0 Å². The quantitative estimate of drug-likeness (QED) is 0.492. The predicted octanol–water partition coefficient (Wildman–Crippen LogP) is 3.16. The molecule has 104 valence electrons. The van der Waals surface area contributed by atoms with Crippen LogP contribution in [0, 0.1) is 22.7 Å². The molecule has 0 aliphatic carbocycles. The topological polar surface area (TPSA) is 77.0 Å². The molecule has 21 heavy (non-hydrogen) atoms. The van der Waals surface area contributed by atoms with Crippen molar-refractivity contribution in [1.29, 1.82) is 10.5 Å². The van der Waals surface area contributed by atoms with Crippen LogP contribution in [0.5, 0.6) is 5.75 Å². The molecule has 1 aromatic rings. The van der Waals surface area contributed by atoms with Crippen LogP contribution in [0.1, 0.15) is 5.56 Å². The van der Waals surface area contributed by atoms with Gasteiger partial charge in [-0.15, -0.1) is 0 Å². The first-order chi connectivity index (χ1) is 10.2. The summed E-state index contributed by atoms with van der Waals surface area (Å²) in [5.74, 6) is 0.636. The lowest BCUT2D eigenvalue weighted by molar-refractivity contribution is 0.281. The predicted molar refractivity (Wildman–Crippen MR) is 79.7 cm³/mol. The van der Waals surface area contributed by atoms with Crippen molar-refractivity contribution in [2.24, 2.45) is 0 Å². The first-order valence-electron chi connectivity index (χ1n) is 6.11. The number of hydrogen-bond donors (Lipinski definition) is 1. The summed E-state index contributed by atoms with van der Waals surface area (Å²) in [4.78, 5) is 0. The van der Waals surface area contributed by atoms with Crippen LogP contribution in [0.4, 0.5) is 0 Å². The van der Waals surface area contributed by atoms with Crippen molar-refractivity contribution in [2.45, 2.75) is 6.61 Å². The van der Waals surface area contributed by atoms with E-state index in [0.29, 0.717) is 5.75 Å². The monoisotopic (exact) mass is 278 g/mol. The molecule has 0 aromatic heterocycles. The molecular weight excluding hydrogens is 264 g/mol. The summed E-state index contributed by atoms with van der Waals surface area (Å²) in [6, 6.07) is 10.8. The summed E-state index contributed by atoms with van der Waals surface area (Å²) in [5.41, 5.74) is 1.27. The fourth-order valence-corrected chi connectivity index (χ4v) is 1.39. The first kappa shape index (κ1) is 16.0. The van der Waals surface area contributed by atoms with E-state index in [1.807, 2.05) is 12.1 Å². The minimum atomic E-state index is -0.00728. The van der Waals surface area contributed by atoms with Crippen LogP contribution in [0.2, 0.25) is 0 Å². The van der Waals surface area contributed by atoms with Crippen molar-refractivity contribution in [3.05, 3.63) is 78.1 Å². The number of allylic oxidation sites excluding steroid dienone is 6. The Hall–Kier alpha value is -3.08. The third kappa shape index (κ3) is 5.20. The van der Waals surface area contributed by atoms with Gasteiger partial charge >= 0.3 is 0 Å². The maximum absolute atomic E-state index is 8.91. The average molecular weight is 278 g/mol. The Kier molecular flexibility index (Phi) is 6.79. The standard InChI is InChI=1S/C17H14N2O2/c1-2-15(11-18)16(12-19)5-3-4-10-21-17-8-6-14(13-20)7-9-17/h2-10,20H,1,13H2/b5-3-,10-4+,16-15-. The molecule has 0 atom stereocenters. The molecular formula is C17H14N2O2. The number of nitriles is 2. The smallest absolute Gasteiger partial charge is 0.126 e. The molecule has 0 aliphatic rings. The SMILES string of the molecule is C=C\C(C#N)=C(C#N)/C=C\C=C\Oc1ccc(CO)cc1. The van der Waals surface area contributed by atoms with E-state index in [-0.39, 0.29) is 17.8 Å². The average Bonchev–Trinajstić information content (AvgIpc) is 2.54. The number of aliphatic hydroxyl groups is 1. The lowest BCUT2D eigenvalue weighted by Crippen LogP contribution is -1.84. The Labute approximate surface area is 123 Å². The number of hydrogen-bond acceptors (Lipinski definition) is 4. The van der Waals surface area contributed by atoms with Gasteiger partial charge in [0.2, 0.25) is 0 Å². The second kappa shape index (κ2) is 8.92. The van der Waals surface area contributed by atoms with E-state index in [4.69, 9.17) is 20.4 Å². The largest absolute Gasteiger partial charge is 0.465 e. The van der Waals surface area contributed by atoms with Crippen LogP contribution in [0.15, 0.2) is 72.6 Å². The van der Waals surface area contributed by atoms with E-state index < -0.39 is 0 Å². The molecule has 1 N–H and O–H groups in total. The molecule has 0 unspecified atom stereocenters. The molecule has 1 aromatic carbocycles. The zero-order chi connectivity index (χ0) is 15.5. The summed E-state index contributed by atoms with van der Waals surface area (Å²) < 4.78 is 5.34. The van der Waals surface area contributed by atoms with Crippen LogP contribution < -0.4 is 4.74 Å². The van der Waals surface area contributed by atoms with Gasteiger partial charge in [0.15, 0.2) is 0 Å². The summed E-state index contributed by atoms with van der Waals surface area (Å²) in [6.07, 6.45) is 7.51. The molecule has 0 spiro atoms. The van der Waals surface area contributed by atoms with Crippen molar-refractivity contribution in [1.82, 2.24) is 0 Å². The Balaban J connectivity index is 2.64. The zero-order valence-electron chi connectivity index (χ0n) is 11.4. The van der Waals surface area contributed by atoms with Gasteiger partial charge in [0.05, 0.1) is 24.0 Å². The Bertz CT molecular complexity index is 654. The highest BCUT2D eigenvalue weighted by atomic mass is 16.5. The summed E-state index contributed by atoms with van der Waals surface area (Å²) in [7, 11) is 0. The lowest BCUT2D eigenvalue weighted by atomic mass is 10.1. The molecule has 0 aliphatic heterocycles. The van der Waals surface area contributed by atoms with Gasteiger partial charge in [-0.1, -0.05) is 30.9 Å². The van der Waals surface area contributed by atoms with E-state index >= 15 is 0 Å². The van der Waals surface area contributed by atoms with E-state index in [0.717, 1.165) is 5.56 Å². The summed E-state index contributed by atoms with van der Waals surface area (Å²) in [6.45, 7) is 3.47. The summed E-state index contributed by atoms with van der Waals surface area (Å²) in [5, 5.41) is 26.6. The Morgan fingerprint density at radius 3 is 2.33 bits per heavy atom. The number of ether oxygens (including phenoxy) is 1. The summed E-state index contributed by atoms with van der Waals surface area (Å²) >= 11 is 0. The van der Waals surface area contributed by atoms with Gasteiger partial charge in [0.1, 0.15) is 17.9 Å². The highest BCUT2D eigenvalue weighted by molar-refractivity contribution is 5.49. The van der Waals surface area contributed by atoms with Crippen LogP contribution >= 0.6 is 0 Å². The van der Waals surface area contributed by atoms with Crippen molar-refractivity contribution >= 4 is 0 Å². The Morgan fingerprint density at radius 1 is 1.14 bits per heavy atom. The van der Waals surface area contributed by atoms with Gasteiger partial charge in [-0.25, -0.2) is 0 Å². The van der Waals surface area contributed by atoms with Gasteiger partial charge in [-0.2, -0.15) is 10.5 Å². The van der Waals surface area contributed by atoms with Gasteiger partial charge in [0, 0.05) is 0 Å². The molecule has 0 saturated heterocycles. The fourth-order valence-electron chi connectivity index (χ4n) is 1.39. The third-order valence-electron chi connectivity index (χ3n) is 2.50. The number of aliphatic hydroxyl groups excluding tert-OH is 1. The normalized spacial score (nSPS) is 11.8. The maximum Gasteiger partial charge on any atom is 0.126 e. The van der Waals surface area contributed by atoms with E-state index in [2.05, 4.69) is 6.58 Å². The van der Waals surface area contributed by atoms with Crippen molar-refractivity contribution < 1.29 is 9.84 Å². The minimum absolute atomic E-state index is 0.00728. The first-order valence-corrected chi connectivity index (χ1v) is 6.11. The van der Waals surface area contributed by atoms with Gasteiger partial charge in [-0.3, -0.25) is 0 Å². The molecule has 1 rings (SSSR count). The van der Waals surface area contributed by atoms with Crippen LogP contribution in [-0.4, -0.2) is 5.11 Å². The van der Waals surface area contributed by atoms with E-state index in [1.54, 1.807) is 36.4 Å². The highest BCUT2D eigenvalue weighted by Gasteiger charge is 1.97. The fraction of sp³-hybridized carbons (Fsp3) is 0.0588. The highest BCUT2D eigenvalue weighted by Crippen LogP contribution is 2.12. The molecule has 4 nitrogen and oxygen atoms in total. The number of rotatable bonds is 6. The van der Waals surface area contributed by atoms with E-state index in [1.165, 1.54) is 18.4 Å². The second-order valence-corrected chi connectivity index (χ2v) is 3.86. The van der Waals surface area contributed by atoms with Crippen LogP contribution in [0.25, 0.3) is 0 Å². The number of nitrogens with zero attached hydrogens (tertiary/aromatic N) is 2. The van der Waals surface area contributed by atoms with Gasteiger partial charge in [-0.05, 0) is 29.8 Å². The molecule has 0 amide bonds. The maximum atomic E-state index is 8.91. The van der Waals surface area contributed by atoms with Gasteiger partial charge in [0.25, 0.3) is 0 Å². The molecule has 0 heterocycles. The lowest BCUT2D eigenvalue weighted by Gasteiger charge is -2.00. The minimum Gasteiger partial charge on any atom is -0.465 e.